The van der Waals surface area contributed by atoms with Crippen molar-refractivity contribution in [3.05, 3.63) is 64.7 Å². The van der Waals surface area contributed by atoms with Crippen LogP contribution in [0.3, 0.4) is 0 Å². The predicted octanol–water partition coefficient (Wildman–Crippen LogP) is 1.90. The zero-order valence-corrected chi connectivity index (χ0v) is 13.4. The SMILES string of the molecule is O=C1CCc2cc([C@@H](O)CN3C(=O)c4ccccc4C3=O)ccc2N1. The second-order valence-corrected chi connectivity index (χ2v) is 6.25. The van der Waals surface area contributed by atoms with Gasteiger partial charge in [0.1, 0.15) is 0 Å². The van der Waals surface area contributed by atoms with Gasteiger partial charge in [-0.3, -0.25) is 19.3 Å². The Morgan fingerprint density at radius 2 is 1.68 bits per heavy atom. The van der Waals surface area contributed by atoms with E-state index in [0.29, 0.717) is 29.5 Å². The highest BCUT2D eigenvalue weighted by Gasteiger charge is 2.36. The van der Waals surface area contributed by atoms with Gasteiger partial charge in [-0.1, -0.05) is 24.3 Å². The number of carbonyl (C=O) groups excluding carboxylic acids is 3. The number of amides is 3. The fourth-order valence-corrected chi connectivity index (χ4v) is 3.29. The number of benzene rings is 2. The smallest absolute Gasteiger partial charge is 0.261 e. The second kappa shape index (κ2) is 5.82. The molecular weight excluding hydrogens is 320 g/mol. The summed E-state index contributed by atoms with van der Waals surface area (Å²) < 4.78 is 0. The minimum absolute atomic E-state index is 0.0215. The minimum atomic E-state index is -0.981. The van der Waals surface area contributed by atoms with Crippen LogP contribution < -0.4 is 5.32 Å². The highest BCUT2D eigenvalue weighted by molar-refractivity contribution is 6.21. The summed E-state index contributed by atoms with van der Waals surface area (Å²) in [6.07, 6.45) is 0.0322. The van der Waals surface area contributed by atoms with Gasteiger partial charge in [-0.05, 0) is 35.7 Å². The largest absolute Gasteiger partial charge is 0.387 e. The standard InChI is InChI=1S/C19H16N2O4/c22-16(12-5-7-15-11(9-12)6-8-17(23)20-15)10-21-18(24)13-3-1-2-4-14(13)19(21)25/h1-5,7,9,16,22H,6,8,10H2,(H,20,23)/t16-/m0/s1. The van der Waals surface area contributed by atoms with Crippen LogP contribution in [0.1, 0.15) is 44.4 Å². The first-order valence-corrected chi connectivity index (χ1v) is 8.10. The Labute approximate surface area is 144 Å². The Balaban J connectivity index is 1.55. The van der Waals surface area contributed by atoms with Crippen molar-refractivity contribution in [2.24, 2.45) is 0 Å². The molecule has 1 atom stereocenters. The van der Waals surface area contributed by atoms with Crippen LogP contribution in [0.15, 0.2) is 42.5 Å². The molecule has 0 unspecified atom stereocenters. The lowest BCUT2D eigenvalue weighted by Crippen LogP contribution is -2.34. The first-order valence-electron chi connectivity index (χ1n) is 8.10. The van der Waals surface area contributed by atoms with E-state index in [4.69, 9.17) is 0 Å². The highest BCUT2D eigenvalue weighted by Crippen LogP contribution is 2.29. The fraction of sp³-hybridized carbons (Fsp3) is 0.211. The van der Waals surface area contributed by atoms with Crippen molar-refractivity contribution in [3.63, 3.8) is 0 Å². The van der Waals surface area contributed by atoms with E-state index in [2.05, 4.69) is 5.32 Å². The number of anilines is 1. The second-order valence-electron chi connectivity index (χ2n) is 6.25. The molecule has 2 N–H and O–H groups in total. The van der Waals surface area contributed by atoms with Gasteiger partial charge in [-0.25, -0.2) is 0 Å². The molecule has 0 bridgehead atoms. The molecule has 0 spiro atoms. The molecule has 0 fully saturated rings. The van der Waals surface area contributed by atoms with Gasteiger partial charge in [0.15, 0.2) is 0 Å². The Morgan fingerprint density at radius 3 is 2.36 bits per heavy atom. The normalized spacial score (nSPS) is 17.2. The molecule has 126 valence electrons. The number of rotatable bonds is 3. The quantitative estimate of drug-likeness (QED) is 0.838. The van der Waals surface area contributed by atoms with E-state index in [1.165, 1.54) is 0 Å². The summed E-state index contributed by atoms with van der Waals surface area (Å²) in [6, 6.07) is 11.9. The molecule has 0 saturated carbocycles. The van der Waals surface area contributed by atoms with E-state index in [1.54, 1.807) is 36.4 Å². The number of nitrogens with zero attached hydrogens (tertiary/aromatic N) is 1. The molecule has 6 nitrogen and oxygen atoms in total. The Hall–Kier alpha value is -2.99. The topological polar surface area (TPSA) is 86.7 Å². The molecule has 6 heteroatoms. The number of aliphatic hydroxyl groups is 1. The highest BCUT2D eigenvalue weighted by atomic mass is 16.3. The molecule has 2 heterocycles. The summed E-state index contributed by atoms with van der Waals surface area (Å²) in [4.78, 5) is 37.3. The molecule has 0 aromatic heterocycles. The lowest BCUT2D eigenvalue weighted by Gasteiger charge is -2.22. The van der Waals surface area contributed by atoms with Crippen LogP contribution >= 0.6 is 0 Å². The summed E-state index contributed by atoms with van der Waals surface area (Å²) >= 11 is 0. The molecule has 3 amide bonds. The zero-order chi connectivity index (χ0) is 17.6. The molecule has 2 aromatic rings. The molecule has 0 saturated heterocycles. The van der Waals surface area contributed by atoms with Crippen LogP contribution in [-0.4, -0.2) is 34.3 Å². The maximum atomic E-state index is 12.4. The monoisotopic (exact) mass is 336 g/mol. The van der Waals surface area contributed by atoms with Crippen LogP contribution in [-0.2, 0) is 11.2 Å². The maximum Gasteiger partial charge on any atom is 0.261 e. The number of carbonyl (C=O) groups is 3. The minimum Gasteiger partial charge on any atom is -0.387 e. The number of aryl methyl sites for hydroxylation is 1. The van der Waals surface area contributed by atoms with Gasteiger partial charge >= 0.3 is 0 Å². The summed E-state index contributed by atoms with van der Waals surface area (Å²) in [7, 11) is 0. The van der Waals surface area contributed by atoms with E-state index in [9.17, 15) is 19.5 Å². The van der Waals surface area contributed by atoms with Gasteiger partial charge in [-0.15, -0.1) is 0 Å². The van der Waals surface area contributed by atoms with Crippen LogP contribution in [0.2, 0.25) is 0 Å². The molecular formula is C19H16N2O4. The number of hydrogen-bond acceptors (Lipinski definition) is 4. The molecule has 2 aliphatic rings. The van der Waals surface area contributed by atoms with Crippen molar-refractivity contribution < 1.29 is 19.5 Å². The van der Waals surface area contributed by atoms with Crippen LogP contribution in [0, 0.1) is 0 Å². The van der Waals surface area contributed by atoms with E-state index >= 15 is 0 Å². The zero-order valence-electron chi connectivity index (χ0n) is 13.4. The molecule has 25 heavy (non-hydrogen) atoms. The van der Waals surface area contributed by atoms with Gasteiger partial charge < -0.3 is 10.4 Å². The van der Waals surface area contributed by atoms with E-state index in [1.807, 2.05) is 6.07 Å². The van der Waals surface area contributed by atoms with Crippen molar-refractivity contribution in [2.45, 2.75) is 18.9 Å². The predicted molar refractivity (Wildman–Crippen MR) is 90.2 cm³/mol. The average molecular weight is 336 g/mol. The van der Waals surface area contributed by atoms with E-state index in [0.717, 1.165) is 16.2 Å². The van der Waals surface area contributed by atoms with Gasteiger partial charge in [0.2, 0.25) is 5.91 Å². The van der Waals surface area contributed by atoms with Crippen LogP contribution in [0.4, 0.5) is 5.69 Å². The van der Waals surface area contributed by atoms with E-state index in [-0.39, 0.29) is 24.3 Å². The van der Waals surface area contributed by atoms with Crippen LogP contribution in [0.25, 0.3) is 0 Å². The number of nitrogens with one attached hydrogen (secondary N) is 1. The Kier molecular flexibility index (Phi) is 3.62. The Morgan fingerprint density at radius 1 is 1.00 bits per heavy atom. The fourth-order valence-electron chi connectivity index (χ4n) is 3.29. The van der Waals surface area contributed by atoms with E-state index < -0.39 is 6.10 Å². The average Bonchev–Trinajstić information content (AvgIpc) is 2.86. The van der Waals surface area contributed by atoms with Crippen LogP contribution in [0.5, 0.6) is 0 Å². The molecule has 2 aliphatic heterocycles. The Bertz CT molecular complexity index is 871. The number of fused-ring (bicyclic) bond motifs is 2. The van der Waals surface area contributed by atoms with Gasteiger partial charge in [-0.2, -0.15) is 0 Å². The third kappa shape index (κ3) is 2.60. The summed E-state index contributed by atoms with van der Waals surface area (Å²) in [6.45, 7) is -0.0997. The number of hydrogen-bond donors (Lipinski definition) is 2. The van der Waals surface area contributed by atoms with Gasteiger partial charge in [0, 0.05) is 12.1 Å². The molecule has 0 radical (unpaired) electrons. The van der Waals surface area contributed by atoms with Crippen molar-refractivity contribution >= 4 is 23.4 Å². The number of β-amino-alcohol motifs (C(OH)–C–C–N with tert-alkyl or cyclic N) is 1. The third-order valence-electron chi connectivity index (χ3n) is 4.64. The summed E-state index contributed by atoms with van der Waals surface area (Å²) in [5.41, 5.74) is 3.04. The summed E-state index contributed by atoms with van der Waals surface area (Å²) in [5, 5.41) is 13.3. The third-order valence-corrected chi connectivity index (χ3v) is 4.64. The lowest BCUT2D eigenvalue weighted by atomic mass is 9.98. The van der Waals surface area contributed by atoms with Gasteiger partial charge in [0.05, 0.1) is 23.8 Å². The molecule has 4 rings (SSSR count). The molecule has 2 aromatic carbocycles. The van der Waals surface area contributed by atoms with Crippen molar-refractivity contribution in [1.82, 2.24) is 4.90 Å². The first-order chi connectivity index (χ1) is 12.0. The number of aliphatic hydroxyl groups excluding tert-OH is 1. The number of imide groups is 1. The van der Waals surface area contributed by atoms with Crippen molar-refractivity contribution in [1.29, 1.82) is 0 Å². The van der Waals surface area contributed by atoms with Crippen molar-refractivity contribution in [2.75, 3.05) is 11.9 Å². The first kappa shape index (κ1) is 15.5. The molecule has 0 aliphatic carbocycles. The van der Waals surface area contributed by atoms with Crippen molar-refractivity contribution in [3.8, 4) is 0 Å². The maximum absolute atomic E-state index is 12.4. The van der Waals surface area contributed by atoms with Gasteiger partial charge in [0.25, 0.3) is 11.8 Å². The summed E-state index contributed by atoms with van der Waals surface area (Å²) in [5.74, 6) is -0.790. The lowest BCUT2D eigenvalue weighted by molar-refractivity contribution is -0.116.